The lowest BCUT2D eigenvalue weighted by atomic mass is 9.96. The van der Waals surface area contributed by atoms with Crippen molar-refractivity contribution in [3.8, 4) is 0 Å². The van der Waals surface area contributed by atoms with Crippen molar-refractivity contribution < 1.29 is 13.6 Å². The lowest BCUT2D eigenvalue weighted by molar-refractivity contribution is -0.118. The fourth-order valence-corrected chi connectivity index (χ4v) is 4.00. The first-order chi connectivity index (χ1) is 13.9. The standard InChI is InChI=1S/C23H29F2N3O/c1-17(16-22(26)29)10-11-27-12-14-28(15-13-27)23(18-2-6-20(24)7-3-18)19-4-8-21(25)9-5-19/h2-9,17,23H,10-16H2,1H3,(H2,26,29). The molecule has 0 radical (unpaired) electrons. The molecule has 0 bridgehead atoms. The summed E-state index contributed by atoms with van der Waals surface area (Å²) in [4.78, 5) is 15.8. The van der Waals surface area contributed by atoms with E-state index < -0.39 is 0 Å². The van der Waals surface area contributed by atoms with Crippen LogP contribution >= 0.6 is 0 Å². The Bertz CT molecular complexity index is 741. The molecule has 0 aromatic heterocycles. The van der Waals surface area contributed by atoms with E-state index >= 15 is 0 Å². The summed E-state index contributed by atoms with van der Waals surface area (Å²) < 4.78 is 26.9. The van der Waals surface area contributed by atoms with E-state index in [1.54, 1.807) is 24.3 Å². The van der Waals surface area contributed by atoms with E-state index in [2.05, 4.69) is 16.7 Å². The van der Waals surface area contributed by atoms with E-state index in [-0.39, 0.29) is 29.5 Å². The Morgan fingerprint density at radius 2 is 1.41 bits per heavy atom. The number of nitrogens with zero attached hydrogens (tertiary/aromatic N) is 2. The molecule has 1 aliphatic heterocycles. The average molecular weight is 402 g/mol. The van der Waals surface area contributed by atoms with Crippen molar-refractivity contribution in [2.24, 2.45) is 11.7 Å². The van der Waals surface area contributed by atoms with E-state index in [9.17, 15) is 13.6 Å². The van der Waals surface area contributed by atoms with Crippen molar-refractivity contribution in [2.45, 2.75) is 25.8 Å². The van der Waals surface area contributed by atoms with Gasteiger partial charge >= 0.3 is 0 Å². The number of primary amides is 1. The van der Waals surface area contributed by atoms with Gasteiger partial charge in [-0.1, -0.05) is 31.2 Å². The minimum Gasteiger partial charge on any atom is -0.370 e. The Labute approximate surface area is 171 Å². The summed E-state index contributed by atoms with van der Waals surface area (Å²) in [5, 5.41) is 0. The summed E-state index contributed by atoms with van der Waals surface area (Å²) in [6.45, 7) is 6.57. The van der Waals surface area contributed by atoms with Crippen molar-refractivity contribution in [2.75, 3.05) is 32.7 Å². The highest BCUT2D eigenvalue weighted by atomic mass is 19.1. The van der Waals surface area contributed by atoms with Gasteiger partial charge in [0.15, 0.2) is 0 Å². The molecule has 3 rings (SSSR count). The number of halogens is 2. The first-order valence-corrected chi connectivity index (χ1v) is 10.2. The van der Waals surface area contributed by atoms with Crippen LogP contribution in [0.1, 0.15) is 36.9 Å². The molecule has 1 amide bonds. The fraction of sp³-hybridized carbons (Fsp3) is 0.435. The summed E-state index contributed by atoms with van der Waals surface area (Å²) in [5.41, 5.74) is 7.28. The highest BCUT2D eigenvalue weighted by Crippen LogP contribution is 2.30. The largest absolute Gasteiger partial charge is 0.370 e. The number of amides is 1. The van der Waals surface area contributed by atoms with E-state index in [1.165, 1.54) is 24.3 Å². The molecule has 2 aromatic carbocycles. The van der Waals surface area contributed by atoms with Crippen LogP contribution in [0.4, 0.5) is 8.78 Å². The second kappa shape index (κ2) is 9.94. The van der Waals surface area contributed by atoms with Crippen LogP contribution in [0.15, 0.2) is 48.5 Å². The maximum absolute atomic E-state index is 13.4. The summed E-state index contributed by atoms with van der Waals surface area (Å²) in [7, 11) is 0. The number of piperazine rings is 1. The molecule has 2 N–H and O–H groups in total. The summed E-state index contributed by atoms with van der Waals surface area (Å²) in [6, 6.07) is 13.1. The van der Waals surface area contributed by atoms with E-state index in [0.717, 1.165) is 50.3 Å². The predicted molar refractivity (Wildman–Crippen MR) is 110 cm³/mol. The van der Waals surface area contributed by atoms with Crippen LogP contribution in [-0.2, 0) is 4.79 Å². The van der Waals surface area contributed by atoms with E-state index in [1.807, 2.05) is 0 Å². The number of carbonyl (C=O) groups is 1. The van der Waals surface area contributed by atoms with Gasteiger partial charge in [0.2, 0.25) is 5.91 Å². The third-order valence-electron chi connectivity index (χ3n) is 5.63. The van der Waals surface area contributed by atoms with Crippen molar-refractivity contribution in [3.63, 3.8) is 0 Å². The van der Waals surface area contributed by atoms with Gasteiger partial charge in [-0.25, -0.2) is 8.78 Å². The van der Waals surface area contributed by atoms with Gasteiger partial charge in [-0.15, -0.1) is 0 Å². The molecular formula is C23H29F2N3O. The Hall–Kier alpha value is -2.31. The minimum atomic E-state index is -0.262. The number of hydrogen-bond acceptors (Lipinski definition) is 3. The molecule has 0 aliphatic carbocycles. The summed E-state index contributed by atoms with van der Waals surface area (Å²) in [6.07, 6.45) is 1.37. The van der Waals surface area contributed by atoms with E-state index in [0.29, 0.717) is 6.42 Å². The molecule has 1 heterocycles. The molecule has 0 spiro atoms. The molecule has 2 aromatic rings. The lowest BCUT2D eigenvalue weighted by Crippen LogP contribution is -2.48. The Morgan fingerprint density at radius 1 is 0.931 bits per heavy atom. The molecule has 1 fully saturated rings. The van der Waals surface area contributed by atoms with Gasteiger partial charge in [-0.3, -0.25) is 9.69 Å². The zero-order valence-corrected chi connectivity index (χ0v) is 16.9. The number of rotatable bonds is 8. The second-order valence-corrected chi connectivity index (χ2v) is 7.95. The van der Waals surface area contributed by atoms with Gasteiger partial charge in [0.1, 0.15) is 11.6 Å². The van der Waals surface area contributed by atoms with Crippen LogP contribution in [-0.4, -0.2) is 48.4 Å². The molecular weight excluding hydrogens is 372 g/mol. The Morgan fingerprint density at radius 3 is 1.86 bits per heavy atom. The third kappa shape index (κ3) is 6.08. The number of benzene rings is 2. The molecule has 1 aliphatic rings. The zero-order valence-electron chi connectivity index (χ0n) is 16.9. The number of hydrogen-bond donors (Lipinski definition) is 1. The average Bonchev–Trinajstić information content (AvgIpc) is 2.70. The van der Waals surface area contributed by atoms with Gasteiger partial charge in [-0.05, 0) is 54.3 Å². The van der Waals surface area contributed by atoms with E-state index in [4.69, 9.17) is 5.73 Å². The Kier molecular flexibility index (Phi) is 7.34. The topological polar surface area (TPSA) is 49.6 Å². The monoisotopic (exact) mass is 401 g/mol. The molecule has 6 heteroatoms. The molecule has 1 saturated heterocycles. The Balaban J connectivity index is 1.66. The second-order valence-electron chi connectivity index (χ2n) is 7.95. The SMILES string of the molecule is CC(CCN1CCN(C(c2ccc(F)cc2)c2ccc(F)cc2)CC1)CC(N)=O. The quantitative estimate of drug-likeness (QED) is 0.736. The highest BCUT2D eigenvalue weighted by Gasteiger charge is 2.26. The number of nitrogens with two attached hydrogens (primary N) is 1. The van der Waals surface area contributed by atoms with Crippen molar-refractivity contribution in [1.82, 2.24) is 9.80 Å². The third-order valence-corrected chi connectivity index (χ3v) is 5.63. The van der Waals surface area contributed by atoms with Crippen molar-refractivity contribution >= 4 is 5.91 Å². The van der Waals surface area contributed by atoms with Gasteiger partial charge < -0.3 is 10.6 Å². The van der Waals surface area contributed by atoms with Gasteiger partial charge in [0, 0.05) is 32.6 Å². The number of carbonyl (C=O) groups excluding carboxylic acids is 1. The molecule has 0 saturated carbocycles. The van der Waals surface area contributed by atoms with Gasteiger partial charge in [0.25, 0.3) is 0 Å². The fourth-order valence-electron chi connectivity index (χ4n) is 4.00. The smallest absolute Gasteiger partial charge is 0.217 e. The normalized spacial score (nSPS) is 16.8. The van der Waals surface area contributed by atoms with Crippen LogP contribution in [0, 0.1) is 17.6 Å². The maximum Gasteiger partial charge on any atom is 0.217 e. The van der Waals surface area contributed by atoms with Crippen LogP contribution < -0.4 is 5.73 Å². The summed E-state index contributed by atoms with van der Waals surface area (Å²) >= 11 is 0. The van der Waals surface area contributed by atoms with Crippen LogP contribution in [0.25, 0.3) is 0 Å². The minimum absolute atomic E-state index is 0.0351. The molecule has 156 valence electrons. The van der Waals surface area contributed by atoms with Crippen molar-refractivity contribution in [1.29, 1.82) is 0 Å². The highest BCUT2D eigenvalue weighted by molar-refractivity contribution is 5.73. The van der Waals surface area contributed by atoms with Crippen LogP contribution in [0.2, 0.25) is 0 Å². The molecule has 29 heavy (non-hydrogen) atoms. The van der Waals surface area contributed by atoms with Crippen LogP contribution in [0.5, 0.6) is 0 Å². The zero-order chi connectivity index (χ0) is 20.8. The van der Waals surface area contributed by atoms with Gasteiger partial charge in [0.05, 0.1) is 6.04 Å². The molecule has 1 unspecified atom stereocenters. The molecule has 1 atom stereocenters. The summed E-state index contributed by atoms with van der Waals surface area (Å²) in [5.74, 6) is -0.483. The predicted octanol–water partition coefficient (Wildman–Crippen LogP) is 3.57. The first kappa shape index (κ1) is 21.4. The van der Waals surface area contributed by atoms with Gasteiger partial charge in [-0.2, -0.15) is 0 Å². The molecule has 4 nitrogen and oxygen atoms in total. The van der Waals surface area contributed by atoms with Crippen LogP contribution in [0.3, 0.4) is 0 Å². The van der Waals surface area contributed by atoms with Crippen molar-refractivity contribution in [3.05, 3.63) is 71.3 Å². The maximum atomic E-state index is 13.4. The first-order valence-electron chi connectivity index (χ1n) is 10.2. The lowest BCUT2D eigenvalue weighted by Gasteiger charge is -2.40.